The Morgan fingerprint density at radius 2 is 1.97 bits per heavy atom. The number of ether oxygens (including phenoxy) is 1. The summed E-state index contributed by atoms with van der Waals surface area (Å²) in [6, 6.07) is 7.16. The average molecular weight is 439 g/mol. The van der Waals surface area contributed by atoms with E-state index in [4.69, 9.17) is 16.3 Å². The minimum Gasteiger partial charge on any atom is -0.493 e. The number of hydrogen-bond donors (Lipinski definition) is 2. The summed E-state index contributed by atoms with van der Waals surface area (Å²) in [5.41, 5.74) is 2.93. The van der Waals surface area contributed by atoms with E-state index in [0.29, 0.717) is 27.0 Å². The molecule has 0 aliphatic heterocycles. The van der Waals surface area contributed by atoms with Gasteiger partial charge in [-0.15, -0.1) is 0 Å². The van der Waals surface area contributed by atoms with Gasteiger partial charge in [0, 0.05) is 11.6 Å². The molecule has 0 radical (unpaired) electrons. The van der Waals surface area contributed by atoms with Gasteiger partial charge in [-0.2, -0.15) is 5.10 Å². The fourth-order valence-electron chi connectivity index (χ4n) is 2.35. The van der Waals surface area contributed by atoms with E-state index in [9.17, 15) is 9.90 Å². The molecule has 0 bridgehead atoms. The lowest BCUT2D eigenvalue weighted by molar-refractivity contribution is 0.0529. The maximum Gasteiger partial charge on any atom is 0.428 e. The molecule has 7 nitrogen and oxygen atoms in total. The zero-order valence-corrected chi connectivity index (χ0v) is 18.9. The van der Waals surface area contributed by atoms with Gasteiger partial charge in [0.05, 0.1) is 11.4 Å². The first-order valence-electron chi connectivity index (χ1n) is 9.37. The molecule has 1 aromatic heterocycles. The highest BCUT2D eigenvalue weighted by molar-refractivity contribution is 7.11. The minimum atomic E-state index is -0.655. The molecule has 0 aliphatic rings. The van der Waals surface area contributed by atoms with Gasteiger partial charge in [-0.05, 0) is 58.4 Å². The largest absolute Gasteiger partial charge is 0.493 e. The number of carbonyl (C=O) groups is 1. The molecule has 1 amide bonds. The van der Waals surface area contributed by atoms with Crippen molar-refractivity contribution in [3.05, 3.63) is 39.0 Å². The lowest BCUT2D eigenvalue weighted by atomic mass is 10.2. The van der Waals surface area contributed by atoms with Gasteiger partial charge in [-0.3, -0.25) is 4.57 Å². The number of aromatic hydroxyl groups is 1. The molecule has 0 fully saturated rings. The van der Waals surface area contributed by atoms with Crippen molar-refractivity contribution in [1.82, 2.24) is 9.99 Å². The van der Waals surface area contributed by atoms with Gasteiger partial charge >= 0.3 is 6.09 Å². The number of unbranched alkanes of at least 4 members (excludes halogenated alkanes) is 1. The standard InChI is InChI=1S/C20H27ClN4O3S/c1-6-7-12-25-17(26)16(13(2)23-24-19(27)28-20(3,4)5)29-18(25)22-15-10-8-14(21)9-11-15/h8-11,26H,6-7,12H2,1-5H3,(H,24,27)/b22-18?,23-13-. The number of halogens is 1. The van der Waals surface area contributed by atoms with Crippen molar-refractivity contribution in [2.45, 2.75) is 59.6 Å². The average Bonchev–Trinajstić information content (AvgIpc) is 2.94. The van der Waals surface area contributed by atoms with Crippen LogP contribution in [-0.4, -0.2) is 27.1 Å². The van der Waals surface area contributed by atoms with E-state index in [-0.39, 0.29) is 5.88 Å². The molecular weight excluding hydrogens is 412 g/mol. The predicted molar refractivity (Wildman–Crippen MR) is 117 cm³/mol. The Bertz CT molecular complexity index is 940. The fourth-order valence-corrected chi connectivity index (χ4v) is 3.49. The van der Waals surface area contributed by atoms with Gasteiger partial charge in [0.15, 0.2) is 4.80 Å². The van der Waals surface area contributed by atoms with E-state index >= 15 is 0 Å². The van der Waals surface area contributed by atoms with Gasteiger partial charge in [-0.25, -0.2) is 15.2 Å². The predicted octanol–water partition coefficient (Wildman–Crippen LogP) is 5.19. The number of rotatable bonds is 6. The van der Waals surface area contributed by atoms with Crippen LogP contribution in [0.1, 0.15) is 52.3 Å². The number of carbonyl (C=O) groups excluding carboxylic acids is 1. The van der Waals surface area contributed by atoms with Crippen LogP contribution in [0.5, 0.6) is 5.88 Å². The summed E-state index contributed by atoms with van der Waals surface area (Å²) in [5, 5.41) is 15.4. The lowest BCUT2D eigenvalue weighted by Crippen LogP contribution is -2.30. The van der Waals surface area contributed by atoms with Crippen LogP contribution in [-0.2, 0) is 11.3 Å². The van der Waals surface area contributed by atoms with Crippen LogP contribution in [0.2, 0.25) is 5.02 Å². The van der Waals surface area contributed by atoms with E-state index in [1.54, 1.807) is 44.4 Å². The molecule has 0 aliphatic carbocycles. The second-order valence-electron chi connectivity index (χ2n) is 7.44. The zero-order chi connectivity index (χ0) is 21.6. The fraction of sp³-hybridized carbons (Fsp3) is 0.450. The van der Waals surface area contributed by atoms with Crippen LogP contribution in [0, 0.1) is 0 Å². The number of aromatic nitrogens is 1. The molecule has 158 valence electrons. The summed E-state index contributed by atoms with van der Waals surface area (Å²) in [4.78, 5) is 17.6. The second kappa shape index (κ2) is 9.93. The number of thiazole rings is 1. The smallest absolute Gasteiger partial charge is 0.428 e. The van der Waals surface area contributed by atoms with E-state index in [1.807, 2.05) is 12.1 Å². The first-order valence-corrected chi connectivity index (χ1v) is 10.6. The van der Waals surface area contributed by atoms with Crippen LogP contribution >= 0.6 is 22.9 Å². The first kappa shape index (κ1) is 23.0. The van der Waals surface area contributed by atoms with Crippen LogP contribution in [0.25, 0.3) is 0 Å². The van der Waals surface area contributed by atoms with E-state index < -0.39 is 11.7 Å². The highest BCUT2D eigenvalue weighted by atomic mass is 35.5. The molecule has 0 saturated carbocycles. The molecule has 0 saturated heterocycles. The van der Waals surface area contributed by atoms with Crippen molar-refractivity contribution >= 4 is 40.4 Å². The third-order valence-corrected chi connectivity index (χ3v) is 5.14. The monoisotopic (exact) mass is 438 g/mol. The van der Waals surface area contributed by atoms with Crippen LogP contribution in [0.4, 0.5) is 10.5 Å². The third-order valence-electron chi connectivity index (χ3n) is 3.71. The van der Waals surface area contributed by atoms with Crippen molar-refractivity contribution in [2.75, 3.05) is 0 Å². The molecular formula is C20H27ClN4O3S. The maximum atomic E-state index is 11.8. The summed E-state index contributed by atoms with van der Waals surface area (Å²) in [6.07, 6.45) is 1.22. The highest BCUT2D eigenvalue weighted by Crippen LogP contribution is 2.23. The maximum absolute atomic E-state index is 11.8. The summed E-state index contributed by atoms with van der Waals surface area (Å²) in [5.74, 6) is 0.0726. The van der Waals surface area contributed by atoms with Crippen LogP contribution in [0.15, 0.2) is 34.4 Å². The number of amides is 1. The van der Waals surface area contributed by atoms with Gasteiger partial charge in [0.2, 0.25) is 5.88 Å². The third kappa shape index (κ3) is 6.90. The van der Waals surface area contributed by atoms with Crippen LogP contribution in [0.3, 0.4) is 0 Å². The van der Waals surface area contributed by atoms with Crippen LogP contribution < -0.4 is 10.2 Å². The van der Waals surface area contributed by atoms with Crippen molar-refractivity contribution in [3.63, 3.8) is 0 Å². The number of nitrogens with zero attached hydrogens (tertiary/aromatic N) is 3. The SMILES string of the molecule is CCCCn1c(O)c(/C(C)=N\NC(=O)OC(C)(C)C)sc1=Nc1ccc(Cl)cc1. The Morgan fingerprint density at radius 3 is 2.55 bits per heavy atom. The second-order valence-corrected chi connectivity index (χ2v) is 8.86. The number of hydrazone groups is 1. The van der Waals surface area contributed by atoms with Crippen molar-refractivity contribution in [3.8, 4) is 5.88 Å². The van der Waals surface area contributed by atoms with Crippen molar-refractivity contribution < 1.29 is 14.6 Å². The number of benzene rings is 1. The summed E-state index contributed by atoms with van der Waals surface area (Å²) < 4.78 is 6.93. The molecule has 29 heavy (non-hydrogen) atoms. The molecule has 2 N–H and O–H groups in total. The van der Waals surface area contributed by atoms with Gasteiger partial charge in [-0.1, -0.05) is 36.3 Å². The summed E-state index contributed by atoms with van der Waals surface area (Å²) in [6.45, 7) is 9.73. The summed E-state index contributed by atoms with van der Waals surface area (Å²) in [7, 11) is 0. The first-order chi connectivity index (χ1) is 13.6. The number of nitrogens with one attached hydrogen (secondary N) is 1. The Kier molecular flexibility index (Phi) is 7.87. The van der Waals surface area contributed by atoms with Gasteiger partial charge in [0.1, 0.15) is 10.5 Å². The molecule has 0 atom stereocenters. The molecule has 0 unspecified atom stereocenters. The van der Waals surface area contributed by atoms with E-state index in [2.05, 4.69) is 22.4 Å². The number of hydrogen-bond acceptors (Lipinski definition) is 6. The quantitative estimate of drug-likeness (QED) is 0.480. The Balaban J connectivity index is 2.37. The van der Waals surface area contributed by atoms with Gasteiger partial charge in [0.25, 0.3) is 0 Å². The molecule has 1 aromatic carbocycles. The Morgan fingerprint density at radius 1 is 1.31 bits per heavy atom. The topological polar surface area (TPSA) is 88.2 Å². The van der Waals surface area contributed by atoms with Crippen molar-refractivity contribution in [1.29, 1.82) is 0 Å². The zero-order valence-electron chi connectivity index (χ0n) is 17.3. The molecule has 9 heteroatoms. The lowest BCUT2D eigenvalue weighted by Gasteiger charge is -2.18. The normalized spacial score (nSPS) is 12.9. The minimum absolute atomic E-state index is 0.0726. The highest BCUT2D eigenvalue weighted by Gasteiger charge is 2.18. The van der Waals surface area contributed by atoms with E-state index in [1.165, 1.54) is 11.3 Å². The molecule has 1 heterocycles. The van der Waals surface area contributed by atoms with Crippen molar-refractivity contribution in [2.24, 2.45) is 10.1 Å². The molecule has 0 spiro atoms. The molecule has 2 rings (SSSR count). The summed E-state index contributed by atoms with van der Waals surface area (Å²) >= 11 is 7.24. The Labute approximate surface area is 179 Å². The van der Waals surface area contributed by atoms with Gasteiger partial charge < -0.3 is 9.84 Å². The Hall–Kier alpha value is -2.32. The molecule has 2 aromatic rings. The van der Waals surface area contributed by atoms with E-state index in [0.717, 1.165) is 18.5 Å².